The molecule has 0 spiro atoms. The van der Waals surface area contributed by atoms with Crippen molar-refractivity contribution in [2.45, 2.75) is 65.6 Å². The first-order valence-corrected chi connectivity index (χ1v) is 7.58. The Bertz CT molecular complexity index is 449. The molecule has 3 nitrogen and oxygen atoms in total. The van der Waals surface area contributed by atoms with Crippen molar-refractivity contribution in [3.63, 3.8) is 0 Å². The molecule has 2 aliphatic carbocycles. The van der Waals surface area contributed by atoms with Gasteiger partial charge in [-0.1, -0.05) is 31.6 Å². The van der Waals surface area contributed by atoms with E-state index in [1.165, 1.54) is 18.9 Å². The molecule has 20 heavy (non-hydrogen) atoms. The molecule has 0 fully saturated rings. The average molecular weight is 278 g/mol. The molecule has 0 radical (unpaired) electrons. The first-order valence-electron chi connectivity index (χ1n) is 7.58. The van der Waals surface area contributed by atoms with Gasteiger partial charge in [0.1, 0.15) is 6.10 Å². The summed E-state index contributed by atoms with van der Waals surface area (Å²) < 4.78 is 5.33. The van der Waals surface area contributed by atoms with Crippen LogP contribution >= 0.6 is 0 Å². The maximum atomic E-state index is 11.3. The zero-order valence-electron chi connectivity index (χ0n) is 13.0. The van der Waals surface area contributed by atoms with E-state index in [2.05, 4.69) is 26.0 Å². The molecule has 0 aromatic carbocycles. The van der Waals surface area contributed by atoms with Crippen molar-refractivity contribution in [2.75, 3.05) is 0 Å². The Hall–Kier alpha value is -1.09. The number of aliphatic hydroxyl groups excluding tert-OH is 1. The molecular weight excluding hydrogens is 252 g/mol. The van der Waals surface area contributed by atoms with Crippen LogP contribution in [0.3, 0.4) is 0 Å². The van der Waals surface area contributed by atoms with Crippen LogP contribution in [0.4, 0.5) is 0 Å². The highest BCUT2D eigenvalue weighted by Gasteiger charge is 2.38. The highest BCUT2D eigenvalue weighted by atomic mass is 16.6. The number of fused-ring (bicyclic) bond motifs is 1. The Labute approximate surface area is 121 Å². The lowest BCUT2D eigenvalue weighted by atomic mass is 9.64. The maximum Gasteiger partial charge on any atom is 0.303 e. The molecule has 0 unspecified atom stereocenters. The highest BCUT2D eigenvalue weighted by molar-refractivity contribution is 5.66. The van der Waals surface area contributed by atoms with Crippen molar-refractivity contribution < 1.29 is 14.6 Å². The van der Waals surface area contributed by atoms with Gasteiger partial charge in [0.2, 0.25) is 0 Å². The van der Waals surface area contributed by atoms with Crippen LogP contribution in [0, 0.1) is 11.3 Å². The van der Waals surface area contributed by atoms with E-state index in [0.29, 0.717) is 12.3 Å². The lowest BCUT2D eigenvalue weighted by Gasteiger charge is -2.42. The van der Waals surface area contributed by atoms with Gasteiger partial charge in [-0.2, -0.15) is 0 Å². The number of rotatable bonds is 1. The van der Waals surface area contributed by atoms with Crippen molar-refractivity contribution in [1.29, 1.82) is 0 Å². The van der Waals surface area contributed by atoms with Gasteiger partial charge in [-0.25, -0.2) is 0 Å². The van der Waals surface area contributed by atoms with Gasteiger partial charge in [0, 0.05) is 12.3 Å². The molecule has 3 heteroatoms. The third kappa shape index (κ3) is 2.83. The fraction of sp³-hybridized carbons (Fsp3) is 0.706. The number of hydrogen-bond acceptors (Lipinski definition) is 3. The first kappa shape index (κ1) is 15.3. The quantitative estimate of drug-likeness (QED) is 0.591. The van der Waals surface area contributed by atoms with Crippen molar-refractivity contribution in [3.8, 4) is 0 Å². The summed E-state index contributed by atoms with van der Waals surface area (Å²) in [5.74, 6) is 0.241. The summed E-state index contributed by atoms with van der Waals surface area (Å²) in [4.78, 5) is 11.3. The lowest BCUT2D eigenvalue weighted by molar-refractivity contribution is -0.149. The highest BCUT2D eigenvalue weighted by Crippen LogP contribution is 2.47. The van der Waals surface area contributed by atoms with Gasteiger partial charge < -0.3 is 9.84 Å². The zero-order chi connectivity index (χ0) is 14.9. The number of ether oxygens (including phenoxy) is 1. The van der Waals surface area contributed by atoms with Gasteiger partial charge in [-0.15, -0.1) is 0 Å². The summed E-state index contributed by atoms with van der Waals surface area (Å²) in [5.41, 5.74) is 2.42. The molecule has 0 heterocycles. The van der Waals surface area contributed by atoms with Crippen LogP contribution in [0.2, 0.25) is 0 Å². The summed E-state index contributed by atoms with van der Waals surface area (Å²) in [6.07, 6.45) is 7.28. The molecule has 2 rings (SSSR count). The SMILES string of the molecule is CC(=O)O[C@H]1C(C)=C[C@@]2(C)C(=CCC[C@@H]2C)CC[C@@H]1O. The second-order valence-electron chi connectivity index (χ2n) is 6.51. The number of carbonyl (C=O) groups excluding carboxylic acids is 1. The summed E-state index contributed by atoms with van der Waals surface area (Å²) in [6, 6.07) is 0. The lowest BCUT2D eigenvalue weighted by Crippen LogP contribution is -2.37. The second-order valence-corrected chi connectivity index (χ2v) is 6.51. The molecule has 112 valence electrons. The Morgan fingerprint density at radius 1 is 1.45 bits per heavy atom. The Kier molecular flexibility index (Phi) is 4.38. The summed E-state index contributed by atoms with van der Waals surface area (Å²) in [7, 11) is 0. The first-order chi connectivity index (χ1) is 9.34. The number of hydrogen-bond donors (Lipinski definition) is 1. The van der Waals surface area contributed by atoms with Crippen molar-refractivity contribution >= 4 is 5.97 Å². The van der Waals surface area contributed by atoms with Crippen LogP contribution in [0.5, 0.6) is 0 Å². The number of aliphatic hydroxyl groups is 1. The molecule has 0 amide bonds. The van der Waals surface area contributed by atoms with Gasteiger partial charge in [0.15, 0.2) is 0 Å². The number of allylic oxidation sites excluding steroid dienone is 3. The molecule has 4 atom stereocenters. The fourth-order valence-corrected chi connectivity index (χ4v) is 3.61. The monoisotopic (exact) mass is 278 g/mol. The van der Waals surface area contributed by atoms with Gasteiger partial charge in [-0.05, 0) is 44.1 Å². The fourth-order valence-electron chi connectivity index (χ4n) is 3.61. The zero-order valence-corrected chi connectivity index (χ0v) is 13.0. The maximum absolute atomic E-state index is 11.3. The minimum atomic E-state index is -0.613. The topological polar surface area (TPSA) is 46.5 Å². The molecule has 0 bridgehead atoms. The molecule has 0 aliphatic heterocycles. The Balaban J connectivity index is 2.39. The van der Waals surface area contributed by atoms with E-state index in [4.69, 9.17) is 4.74 Å². The van der Waals surface area contributed by atoms with Gasteiger partial charge >= 0.3 is 5.97 Å². The molecule has 0 aromatic rings. The minimum absolute atomic E-state index is 0.0286. The Morgan fingerprint density at radius 2 is 2.15 bits per heavy atom. The van der Waals surface area contributed by atoms with E-state index >= 15 is 0 Å². The third-order valence-electron chi connectivity index (χ3n) is 5.03. The second kappa shape index (κ2) is 5.72. The van der Waals surface area contributed by atoms with E-state index in [1.54, 1.807) is 0 Å². The van der Waals surface area contributed by atoms with Crippen LogP contribution in [-0.2, 0) is 9.53 Å². The van der Waals surface area contributed by atoms with Crippen molar-refractivity contribution in [3.05, 3.63) is 23.3 Å². The van der Waals surface area contributed by atoms with E-state index in [0.717, 1.165) is 18.4 Å². The molecule has 0 saturated carbocycles. The Morgan fingerprint density at radius 3 is 2.80 bits per heavy atom. The third-order valence-corrected chi connectivity index (χ3v) is 5.03. The molecule has 0 aromatic heterocycles. The standard InChI is InChI=1S/C17H26O3/c1-11-10-17(4)12(2)6-5-7-14(17)8-9-15(19)16(11)20-13(3)18/h7,10,12,15-16,19H,5-6,8-9H2,1-4H3/t12-,15-,16-,17+/m0/s1. The predicted molar refractivity (Wildman–Crippen MR) is 79.1 cm³/mol. The summed E-state index contributed by atoms with van der Waals surface area (Å²) >= 11 is 0. The number of carbonyl (C=O) groups is 1. The van der Waals surface area contributed by atoms with Gasteiger partial charge in [0.05, 0.1) is 6.10 Å². The van der Waals surface area contributed by atoms with Crippen molar-refractivity contribution in [2.24, 2.45) is 11.3 Å². The van der Waals surface area contributed by atoms with Crippen LogP contribution in [0.1, 0.15) is 53.4 Å². The molecular formula is C17H26O3. The van der Waals surface area contributed by atoms with Crippen LogP contribution < -0.4 is 0 Å². The van der Waals surface area contributed by atoms with Gasteiger partial charge in [0.25, 0.3) is 0 Å². The molecule has 2 aliphatic rings. The van der Waals surface area contributed by atoms with E-state index in [1.807, 2.05) is 6.92 Å². The smallest absolute Gasteiger partial charge is 0.303 e. The van der Waals surface area contributed by atoms with Crippen LogP contribution in [-0.4, -0.2) is 23.3 Å². The molecule has 1 N–H and O–H groups in total. The van der Waals surface area contributed by atoms with Gasteiger partial charge in [-0.3, -0.25) is 4.79 Å². The summed E-state index contributed by atoms with van der Waals surface area (Å²) in [6.45, 7) is 7.92. The van der Waals surface area contributed by atoms with Crippen molar-refractivity contribution in [1.82, 2.24) is 0 Å². The normalized spacial score (nSPS) is 38.0. The average Bonchev–Trinajstić information content (AvgIpc) is 2.36. The van der Waals surface area contributed by atoms with E-state index in [9.17, 15) is 9.90 Å². The molecule has 0 saturated heterocycles. The largest absolute Gasteiger partial charge is 0.455 e. The van der Waals surface area contributed by atoms with E-state index in [-0.39, 0.29) is 11.4 Å². The van der Waals surface area contributed by atoms with Crippen LogP contribution in [0.25, 0.3) is 0 Å². The minimum Gasteiger partial charge on any atom is -0.455 e. The van der Waals surface area contributed by atoms with Crippen LogP contribution in [0.15, 0.2) is 23.3 Å². The van der Waals surface area contributed by atoms with E-state index < -0.39 is 12.2 Å². The predicted octanol–water partition coefficient (Wildman–Crippen LogP) is 3.38. The number of esters is 1. The summed E-state index contributed by atoms with van der Waals surface area (Å²) in [5, 5.41) is 10.3.